The van der Waals surface area contributed by atoms with E-state index in [1.807, 2.05) is 18.2 Å². The Morgan fingerprint density at radius 1 is 1.07 bits per heavy atom. The van der Waals surface area contributed by atoms with E-state index in [0.29, 0.717) is 0 Å². The predicted octanol–water partition coefficient (Wildman–Crippen LogP) is 3.94. The van der Waals surface area contributed by atoms with E-state index in [4.69, 9.17) is 16.3 Å². The van der Waals surface area contributed by atoms with Gasteiger partial charge in [0.1, 0.15) is 5.75 Å². The van der Waals surface area contributed by atoms with Gasteiger partial charge in [-0.2, -0.15) is 0 Å². The van der Waals surface area contributed by atoms with Gasteiger partial charge in [-0.15, -0.1) is 24.0 Å². The zero-order valence-electron chi connectivity index (χ0n) is 17.0. The fourth-order valence-electron chi connectivity index (χ4n) is 2.80. The minimum atomic E-state index is 0. The van der Waals surface area contributed by atoms with E-state index >= 15 is 0 Å². The summed E-state index contributed by atoms with van der Waals surface area (Å²) < 4.78 is 5.19. The number of guanidine groups is 1. The first-order valence-corrected chi connectivity index (χ1v) is 9.39. The summed E-state index contributed by atoms with van der Waals surface area (Å²) in [6.45, 7) is 2.39. The number of methoxy groups -OCH3 is 1. The Labute approximate surface area is 190 Å². The van der Waals surface area contributed by atoms with E-state index in [1.165, 1.54) is 11.1 Å². The molecule has 0 aliphatic carbocycles. The van der Waals surface area contributed by atoms with Gasteiger partial charge in [-0.05, 0) is 49.3 Å². The summed E-state index contributed by atoms with van der Waals surface area (Å²) in [5, 5.41) is 7.45. The number of nitrogens with one attached hydrogen (secondary N) is 2. The van der Waals surface area contributed by atoms with Gasteiger partial charge in [-0.3, -0.25) is 4.99 Å². The summed E-state index contributed by atoms with van der Waals surface area (Å²) in [7, 11) is 7.57. The highest BCUT2D eigenvalue weighted by atomic mass is 127. The van der Waals surface area contributed by atoms with Crippen LogP contribution >= 0.6 is 35.6 Å². The molecule has 5 nitrogen and oxygen atoms in total. The van der Waals surface area contributed by atoms with Gasteiger partial charge in [0.15, 0.2) is 5.96 Å². The molecule has 0 radical (unpaired) electrons. The van der Waals surface area contributed by atoms with Gasteiger partial charge in [0.25, 0.3) is 0 Å². The van der Waals surface area contributed by atoms with Gasteiger partial charge in [0.05, 0.1) is 7.11 Å². The number of hydrogen-bond acceptors (Lipinski definition) is 3. The highest BCUT2D eigenvalue weighted by Crippen LogP contribution is 2.22. The number of halogens is 2. The quantitative estimate of drug-likeness (QED) is 0.317. The minimum Gasteiger partial charge on any atom is -0.497 e. The largest absolute Gasteiger partial charge is 0.497 e. The lowest BCUT2D eigenvalue weighted by Crippen LogP contribution is -2.38. The van der Waals surface area contributed by atoms with Crippen molar-refractivity contribution in [2.75, 3.05) is 34.8 Å². The van der Waals surface area contributed by atoms with E-state index in [1.54, 1.807) is 14.2 Å². The van der Waals surface area contributed by atoms with Crippen LogP contribution in [0, 0.1) is 0 Å². The van der Waals surface area contributed by atoms with Crippen LogP contribution in [0.4, 0.5) is 0 Å². The van der Waals surface area contributed by atoms with Crippen LogP contribution in [0.2, 0.25) is 5.02 Å². The first-order chi connectivity index (χ1) is 13.0. The maximum absolute atomic E-state index is 6.30. The van der Waals surface area contributed by atoms with Crippen molar-refractivity contribution in [3.63, 3.8) is 0 Å². The van der Waals surface area contributed by atoms with Gasteiger partial charge in [-0.25, -0.2) is 0 Å². The number of ether oxygens (including phenoxy) is 1. The van der Waals surface area contributed by atoms with Crippen LogP contribution in [0.3, 0.4) is 0 Å². The van der Waals surface area contributed by atoms with E-state index in [9.17, 15) is 0 Å². The molecule has 2 rings (SSSR count). The lowest BCUT2D eigenvalue weighted by Gasteiger charge is -2.16. The first kappa shape index (κ1) is 24.5. The highest BCUT2D eigenvalue weighted by Gasteiger charge is 2.06. The van der Waals surface area contributed by atoms with Crippen LogP contribution in [0.15, 0.2) is 47.5 Å². The average molecular weight is 517 g/mol. The highest BCUT2D eigenvalue weighted by molar-refractivity contribution is 14.0. The van der Waals surface area contributed by atoms with Crippen molar-refractivity contribution < 1.29 is 4.74 Å². The molecule has 0 aliphatic heterocycles. The molecule has 0 spiro atoms. The van der Waals surface area contributed by atoms with Gasteiger partial charge in [-0.1, -0.05) is 41.9 Å². The fourth-order valence-corrected chi connectivity index (χ4v) is 3.06. The van der Waals surface area contributed by atoms with Crippen molar-refractivity contribution in [1.29, 1.82) is 0 Å². The Morgan fingerprint density at radius 3 is 2.39 bits per heavy atom. The molecule has 0 unspecified atom stereocenters. The predicted molar refractivity (Wildman–Crippen MR) is 129 cm³/mol. The number of hydrogen-bond donors (Lipinski definition) is 2. The summed E-state index contributed by atoms with van der Waals surface area (Å²) in [6.07, 6.45) is 0.806. The van der Waals surface area contributed by atoms with Crippen LogP contribution in [0.25, 0.3) is 0 Å². The number of aliphatic imine (C=N–C) groups is 1. The fraction of sp³-hybridized carbons (Fsp3) is 0.381. The molecule has 2 aromatic rings. The second-order valence-electron chi connectivity index (χ2n) is 6.57. The summed E-state index contributed by atoms with van der Waals surface area (Å²) >= 11 is 6.30. The Bertz CT molecular complexity index is 768. The van der Waals surface area contributed by atoms with Gasteiger partial charge >= 0.3 is 0 Å². The average Bonchev–Trinajstić information content (AvgIpc) is 2.66. The van der Waals surface area contributed by atoms with Crippen LogP contribution in [0.1, 0.15) is 16.7 Å². The summed E-state index contributed by atoms with van der Waals surface area (Å²) in [5.74, 6) is 1.55. The zero-order chi connectivity index (χ0) is 19.6. The van der Waals surface area contributed by atoms with Crippen LogP contribution < -0.4 is 15.4 Å². The lowest BCUT2D eigenvalue weighted by molar-refractivity contribution is 0.400. The van der Waals surface area contributed by atoms with Gasteiger partial charge in [0.2, 0.25) is 0 Å². The molecular formula is C21H30ClIN4O. The minimum absolute atomic E-state index is 0. The monoisotopic (exact) mass is 516 g/mol. The van der Waals surface area contributed by atoms with Crippen LogP contribution in [-0.2, 0) is 19.5 Å². The zero-order valence-corrected chi connectivity index (χ0v) is 20.0. The van der Waals surface area contributed by atoms with Gasteiger partial charge < -0.3 is 20.3 Å². The van der Waals surface area contributed by atoms with Gasteiger partial charge in [0, 0.05) is 31.7 Å². The summed E-state index contributed by atoms with van der Waals surface area (Å²) in [6, 6.07) is 14.2. The Hall–Kier alpha value is -1.51. The van der Waals surface area contributed by atoms with Crippen molar-refractivity contribution in [3.8, 4) is 5.75 Å². The molecule has 0 saturated heterocycles. The van der Waals surface area contributed by atoms with Crippen molar-refractivity contribution in [2.24, 2.45) is 4.99 Å². The molecule has 0 aromatic heterocycles. The molecule has 0 heterocycles. The molecule has 2 aromatic carbocycles. The Kier molecular flexibility index (Phi) is 11.3. The maximum atomic E-state index is 6.30. The van der Waals surface area contributed by atoms with E-state index in [2.05, 4.69) is 58.9 Å². The molecule has 0 aliphatic rings. The third kappa shape index (κ3) is 7.85. The molecule has 154 valence electrons. The second-order valence-corrected chi connectivity index (χ2v) is 6.97. The first-order valence-electron chi connectivity index (χ1n) is 9.02. The molecule has 7 heteroatoms. The summed E-state index contributed by atoms with van der Waals surface area (Å²) in [4.78, 5) is 6.48. The molecule has 0 fully saturated rings. The van der Waals surface area contributed by atoms with Crippen molar-refractivity contribution in [3.05, 3.63) is 64.2 Å². The molecule has 2 N–H and O–H groups in total. The summed E-state index contributed by atoms with van der Waals surface area (Å²) in [5.41, 5.74) is 3.67. The standard InChI is InChI=1S/C21H29ClN4O.HI/c1-23-21(24-12-11-16-9-10-19(27-4)13-20(16)22)25-14-17-7-5-6-8-18(17)15-26(2)3;/h5-10,13H,11-12,14-15H2,1-4H3,(H2,23,24,25);1H. The maximum Gasteiger partial charge on any atom is 0.191 e. The Balaban J connectivity index is 0.00000392. The lowest BCUT2D eigenvalue weighted by atomic mass is 10.1. The molecule has 0 bridgehead atoms. The number of nitrogens with zero attached hydrogens (tertiary/aromatic N) is 2. The number of benzene rings is 2. The molecule has 0 amide bonds. The van der Waals surface area contributed by atoms with E-state index < -0.39 is 0 Å². The number of rotatable bonds is 8. The van der Waals surface area contributed by atoms with Crippen LogP contribution in [0.5, 0.6) is 5.75 Å². The molecule has 0 saturated carbocycles. The van der Waals surface area contributed by atoms with Crippen molar-refractivity contribution in [1.82, 2.24) is 15.5 Å². The molecular weight excluding hydrogens is 487 g/mol. The Morgan fingerprint density at radius 2 is 1.79 bits per heavy atom. The van der Waals surface area contributed by atoms with E-state index in [-0.39, 0.29) is 24.0 Å². The molecule has 28 heavy (non-hydrogen) atoms. The SMILES string of the molecule is CN=C(NCCc1ccc(OC)cc1Cl)NCc1ccccc1CN(C)C.I. The smallest absolute Gasteiger partial charge is 0.191 e. The molecule has 0 atom stereocenters. The topological polar surface area (TPSA) is 48.9 Å². The van der Waals surface area contributed by atoms with Crippen molar-refractivity contribution in [2.45, 2.75) is 19.5 Å². The normalized spacial score (nSPS) is 11.1. The van der Waals surface area contributed by atoms with E-state index in [0.717, 1.165) is 48.4 Å². The van der Waals surface area contributed by atoms with Crippen LogP contribution in [-0.4, -0.2) is 45.7 Å². The third-order valence-corrected chi connectivity index (χ3v) is 4.57. The van der Waals surface area contributed by atoms with Crippen molar-refractivity contribution >= 4 is 41.5 Å². The third-order valence-electron chi connectivity index (χ3n) is 4.22. The second kappa shape index (κ2) is 12.9.